The molecule has 1 aromatic rings. The van der Waals surface area contributed by atoms with Gasteiger partial charge in [0.15, 0.2) is 0 Å². The van der Waals surface area contributed by atoms with E-state index in [1.165, 1.54) is 0 Å². The van der Waals surface area contributed by atoms with Gasteiger partial charge in [0.1, 0.15) is 0 Å². The van der Waals surface area contributed by atoms with Gasteiger partial charge in [0.05, 0.1) is 64.0 Å². The second kappa shape index (κ2) is 16.0. The number of carbonyl (C=O) groups excluding carboxylic acids is 2. The summed E-state index contributed by atoms with van der Waals surface area (Å²) in [5.41, 5.74) is 0.954. The van der Waals surface area contributed by atoms with E-state index in [4.69, 9.17) is 14.2 Å². The van der Waals surface area contributed by atoms with Gasteiger partial charge in [-0.3, -0.25) is 4.79 Å². The second-order valence-corrected chi connectivity index (χ2v) is 9.90. The summed E-state index contributed by atoms with van der Waals surface area (Å²) in [7, 11) is 0. The molecule has 2 aliphatic rings. The van der Waals surface area contributed by atoms with Crippen LogP contribution in [0.3, 0.4) is 0 Å². The fourth-order valence-electron chi connectivity index (χ4n) is 4.07. The van der Waals surface area contributed by atoms with Crippen molar-refractivity contribution in [3.63, 3.8) is 0 Å². The topological polar surface area (TPSA) is 129 Å². The lowest BCUT2D eigenvalue weighted by Crippen LogP contribution is -2.36. The molecule has 3 atom stereocenters. The molecule has 35 heavy (non-hydrogen) atoms. The van der Waals surface area contributed by atoms with Crippen LogP contribution in [-0.2, 0) is 32.0 Å². The number of hydrogen-bond acceptors (Lipinski definition) is 8. The Morgan fingerprint density at radius 1 is 1.14 bits per heavy atom. The number of carbonyl (C=O) groups is 2. The van der Waals surface area contributed by atoms with Crippen molar-refractivity contribution in [1.29, 1.82) is 0 Å². The molecule has 2 saturated heterocycles. The quantitative estimate of drug-likeness (QED) is 0.185. The van der Waals surface area contributed by atoms with E-state index in [0.717, 1.165) is 43.6 Å². The zero-order valence-corrected chi connectivity index (χ0v) is 21.2. The van der Waals surface area contributed by atoms with Crippen LogP contribution in [0.15, 0.2) is 6.20 Å². The Bertz CT molecular complexity index is 767. The average Bonchev–Trinajstić information content (AvgIpc) is 3.54. The van der Waals surface area contributed by atoms with Crippen LogP contribution in [0, 0.1) is 6.92 Å². The number of aromatic nitrogens is 3. The molecule has 3 amide bonds. The first-order chi connectivity index (χ1) is 17.2. The zero-order valence-electron chi connectivity index (χ0n) is 20.4. The Labute approximate surface area is 211 Å². The molecule has 1 radical (unpaired) electrons. The fourth-order valence-corrected chi connectivity index (χ4v) is 5.61. The van der Waals surface area contributed by atoms with E-state index >= 15 is 0 Å². The minimum absolute atomic E-state index is 0.0536. The van der Waals surface area contributed by atoms with Gasteiger partial charge in [-0.2, -0.15) is 11.8 Å². The van der Waals surface area contributed by atoms with Crippen LogP contribution in [0.5, 0.6) is 0 Å². The lowest BCUT2D eigenvalue weighted by atomic mass is 10.0. The van der Waals surface area contributed by atoms with Crippen molar-refractivity contribution < 1.29 is 23.8 Å². The van der Waals surface area contributed by atoms with Gasteiger partial charge in [-0.15, -0.1) is 5.10 Å². The Hall–Kier alpha value is -1.89. The summed E-state index contributed by atoms with van der Waals surface area (Å²) >= 11 is 1.91. The summed E-state index contributed by atoms with van der Waals surface area (Å²) in [6.45, 7) is 8.00. The van der Waals surface area contributed by atoms with E-state index in [1.807, 2.05) is 18.0 Å². The smallest absolute Gasteiger partial charge is 0.315 e. The number of amides is 3. The first-order valence-electron chi connectivity index (χ1n) is 12.5. The number of thioether (sulfide) groups is 1. The summed E-state index contributed by atoms with van der Waals surface area (Å²) < 4.78 is 18.3. The SMILES string of the molecule is [CH2]CCc1cn(CCOCCOCCOCCNC(=O)CCCC[C@@H]2SC[C@@H]3NC(=O)N[C@@H]32)nn1. The molecular formula is C23H39N6O5S. The molecular weight excluding hydrogens is 472 g/mol. The number of ether oxygens (including phenoxy) is 3. The van der Waals surface area contributed by atoms with Crippen LogP contribution < -0.4 is 16.0 Å². The predicted octanol–water partition coefficient (Wildman–Crippen LogP) is 0.937. The number of rotatable bonds is 19. The summed E-state index contributed by atoms with van der Waals surface area (Å²) in [5.74, 6) is 1.02. The number of urea groups is 1. The van der Waals surface area contributed by atoms with Gasteiger partial charge < -0.3 is 30.2 Å². The monoisotopic (exact) mass is 511 g/mol. The molecule has 2 aliphatic heterocycles. The Morgan fingerprint density at radius 3 is 2.71 bits per heavy atom. The average molecular weight is 512 g/mol. The third kappa shape index (κ3) is 10.3. The molecule has 0 saturated carbocycles. The Morgan fingerprint density at radius 2 is 1.91 bits per heavy atom. The first-order valence-corrected chi connectivity index (χ1v) is 13.6. The van der Waals surface area contributed by atoms with Gasteiger partial charge in [0, 0.05) is 30.2 Å². The first kappa shape index (κ1) is 27.7. The molecule has 0 bridgehead atoms. The highest BCUT2D eigenvalue weighted by atomic mass is 32.2. The van der Waals surface area contributed by atoms with Gasteiger partial charge in [-0.05, 0) is 25.7 Å². The van der Waals surface area contributed by atoms with Crippen molar-refractivity contribution in [2.45, 2.75) is 62.4 Å². The minimum atomic E-state index is -0.0536. The maximum Gasteiger partial charge on any atom is 0.315 e. The standard InChI is InChI=1S/C23H39N6O5S/c1-2-5-18-16-29(28-27-18)9-11-33-13-15-34-14-12-32-10-8-24-21(30)7-4-3-6-20-22-19(17-35-20)25-23(31)26-22/h16,19-20,22H,1-15,17H2,(H,24,30)(H2,25,26,31)/t19-,20-,22-/m0/s1. The maximum absolute atomic E-state index is 12.0. The molecule has 1 aromatic heterocycles. The largest absolute Gasteiger partial charge is 0.377 e. The number of aryl methyl sites for hydroxylation is 1. The van der Waals surface area contributed by atoms with Crippen molar-refractivity contribution >= 4 is 23.7 Å². The lowest BCUT2D eigenvalue weighted by Gasteiger charge is -2.16. The van der Waals surface area contributed by atoms with Crippen LogP contribution in [0.4, 0.5) is 4.79 Å². The van der Waals surface area contributed by atoms with Crippen LogP contribution >= 0.6 is 11.8 Å². The zero-order chi connectivity index (χ0) is 24.7. The maximum atomic E-state index is 12.0. The van der Waals surface area contributed by atoms with Crippen molar-refractivity contribution in [1.82, 2.24) is 30.9 Å². The van der Waals surface area contributed by atoms with Crippen molar-refractivity contribution in [3.05, 3.63) is 18.8 Å². The predicted molar refractivity (Wildman–Crippen MR) is 133 cm³/mol. The number of fused-ring (bicyclic) bond motifs is 1. The molecule has 2 fully saturated rings. The van der Waals surface area contributed by atoms with Gasteiger partial charge in [-0.1, -0.05) is 18.6 Å². The fraction of sp³-hybridized carbons (Fsp3) is 0.783. The summed E-state index contributed by atoms with van der Waals surface area (Å²) in [4.78, 5) is 23.4. The van der Waals surface area contributed by atoms with Crippen LogP contribution in [-0.4, -0.2) is 96.2 Å². The lowest BCUT2D eigenvalue weighted by molar-refractivity contribution is -0.121. The molecule has 3 N–H and O–H groups in total. The molecule has 0 aliphatic carbocycles. The van der Waals surface area contributed by atoms with Gasteiger partial charge in [0.25, 0.3) is 0 Å². The molecule has 0 unspecified atom stereocenters. The summed E-state index contributed by atoms with van der Waals surface area (Å²) in [6, 6.07) is 0.438. The van der Waals surface area contributed by atoms with Crippen LogP contribution in [0.2, 0.25) is 0 Å². The number of hydrogen-bond donors (Lipinski definition) is 3. The van der Waals surface area contributed by atoms with Gasteiger partial charge in [0.2, 0.25) is 5.91 Å². The minimum Gasteiger partial charge on any atom is -0.377 e. The summed E-state index contributed by atoms with van der Waals surface area (Å²) in [5, 5.41) is 17.4. The van der Waals surface area contributed by atoms with Gasteiger partial charge >= 0.3 is 6.03 Å². The highest BCUT2D eigenvalue weighted by Crippen LogP contribution is 2.33. The number of unbranched alkanes of at least 4 members (excludes halogenated alkanes) is 1. The van der Waals surface area contributed by atoms with Crippen LogP contribution in [0.1, 0.15) is 37.8 Å². The van der Waals surface area contributed by atoms with E-state index in [0.29, 0.717) is 64.4 Å². The number of nitrogens with one attached hydrogen (secondary N) is 3. The molecule has 197 valence electrons. The third-order valence-electron chi connectivity index (χ3n) is 5.88. The normalized spacial score (nSPS) is 21.1. The third-order valence-corrected chi connectivity index (χ3v) is 7.39. The molecule has 11 nitrogen and oxygen atoms in total. The van der Waals surface area contributed by atoms with E-state index in [-0.39, 0.29) is 24.0 Å². The molecule has 3 rings (SSSR count). The van der Waals surface area contributed by atoms with E-state index in [2.05, 4.69) is 33.2 Å². The van der Waals surface area contributed by atoms with Crippen LogP contribution in [0.25, 0.3) is 0 Å². The van der Waals surface area contributed by atoms with E-state index in [9.17, 15) is 9.59 Å². The number of nitrogens with zero attached hydrogens (tertiary/aromatic N) is 3. The molecule has 0 spiro atoms. The second-order valence-electron chi connectivity index (χ2n) is 8.63. The highest BCUT2D eigenvalue weighted by molar-refractivity contribution is 8.00. The molecule has 12 heteroatoms. The van der Waals surface area contributed by atoms with Crippen molar-refractivity contribution in [3.8, 4) is 0 Å². The Balaban J connectivity index is 1.04. The highest BCUT2D eigenvalue weighted by Gasteiger charge is 2.42. The van der Waals surface area contributed by atoms with Crippen molar-refractivity contribution in [2.24, 2.45) is 0 Å². The summed E-state index contributed by atoms with van der Waals surface area (Å²) in [6.07, 6.45) is 6.96. The molecule has 3 heterocycles. The van der Waals surface area contributed by atoms with Gasteiger partial charge in [-0.25, -0.2) is 9.48 Å². The van der Waals surface area contributed by atoms with E-state index in [1.54, 1.807) is 4.68 Å². The molecule has 0 aromatic carbocycles. The van der Waals surface area contributed by atoms with E-state index < -0.39 is 0 Å². The Kier molecular flexibility index (Phi) is 12.6. The van der Waals surface area contributed by atoms with Crippen molar-refractivity contribution in [2.75, 3.05) is 51.9 Å².